The summed E-state index contributed by atoms with van der Waals surface area (Å²) in [6, 6.07) is 0.455. The molecule has 1 nitrogen and oxygen atoms in total. The number of hydrogen-bond donors (Lipinski definition) is 1. The van der Waals surface area contributed by atoms with Crippen LogP contribution in [0.25, 0.3) is 0 Å². The fourth-order valence-electron chi connectivity index (χ4n) is 5.54. The van der Waals surface area contributed by atoms with Crippen LogP contribution in [0.1, 0.15) is 65.2 Å². The molecule has 0 saturated heterocycles. The second kappa shape index (κ2) is 4.26. The average Bonchev–Trinajstić information content (AvgIpc) is 2.25. The van der Waals surface area contributed by atoms with Crippen molar-refractivity contribution in [2.45, 2.75) is 71.3 Å². The second-order valence-electron chi connectivity index (χ2n) is 7.67. The fourth-order valence-corrected chi connectivity index (χ4v) is 5.54. The molecule has 0 aromatic carbocycles. The van der Waals surface area contributed by atoms with Gasteiger partial charge in [-0.15, -0.1) is 0 Å². The smallest absolute Gasteiger partial charge is 0.00697 e. The van der Waals surface area contributed by atoms with Crippen LogP contribution in [0.15, 0.2) is 0 Å². The van der Waals surface area contributed by atoms with E-state index in [2.05, 4.69) is 13.8 Å². The predicted octanol–water partition coefficient (Wildman–Crippen LogP) is 3.97. The molecule has 0 aliphatic heterocycles. The highest BCUT2D eigenvalue weighted by molar-refractivity contribution is 5.02. The number of hydrogen-bond acceptors (Lipinski definition) is 1. The largest absolute Gasteiger partial charge is 0.327 e. The third-order valence-corrected chi connectivity index (χ3v) is 6.21. The van der Waals surface area contributed by atoms with Gasteiger partial charge in [-0.3, -0.25) is 0 Å². The van der Waals surface area contributed by atoms with E-state index < -0.39 is 0 Å². The summed E-state index contributed by atoms with van der Waals surface area (Å²) in [7, 11) is 0. The Kier molecular flexibility index (Phi) is 3.01. The minimum Gasteiger partial charge on any atom is -0.327 e. The first-order valence-electron chi connectivity index (χ1n) is 7.86. The molecule has 0 heterocycles. The Morgan fingerprint density at radius 1 is 1.06 bits per heavy atom. The molecule has 0 radical (unpaired) electrons. The van der Waals surface area contributed by atoms with Crippen LogP contribution in [0.2, 0.25) is 0 Å². The van der Waals surface area contributed by atoms with Crippen LogP contribution >= 0.6 is 0 Å². The van der Waals surface area contributed by atoms with E-state index in [0.29, 0.717) is 17.4 Å². The summed E-state index contributed by atoms with van der Waals surface area (Å²) in [6.07, 6.45) is 11.8. The molecule has 17 heavy (non-hydrogen) atoms. The molecule has 1 heteroatoms. The van der Waals surface area contributed by atoms with E-state index in [1.54, 1.807) is 19.3 Å². The molecule has 4 aliphatic carbocycles. The van der Waals surface area contributed by atoms with E-state index in [9.17, 15) is 0 Å². The Bertz CT molecular complexity index is 248. The van der Waals surface area contributed by atoms with Crippen molar-refractivity contribution >= 4 is 0 Å². The highest BCUT2D eigenvalue weighted by Gasteiger charge is 2.51. The quantitative estimate of drug-likeness (QED) is 0.784. The van der Waals surface area contributed by atoms with Gasteiger partial charge in [0.25, 0.3) is 0 Å². The van der Waals surface area contributed by atoms with Crippen LogP contribution in [0, 0.1) is 29.1 Å². The van der Waals surface area contributed by atoms with Crippen molar-refractivity contribution in [1.82, 2.24) is 0 Å². The van der Waals surface area contributed by atoms with Crippen LogP contribution in [-0.4, -0.2) is 6.04 Å². The van der Waals surface area contributed by atoms with Gasteiger partial charge in [0.1, 0.15) is 0 Å². The van der Waals surface area contributed by atoms with Gasteiger partial charge < -0.3 is 5.73 Å². The standard InChI is InChI=1S/C16H29N/c1-3-11(2)15(17)10-16-7-12-4-13(8-16)6-14(5-12)9-16/h11-15H,3-10,17H2,1-2H3. The normalized spacial score (nSPS) is 47.1. The Hall–Kier alpha value is -0.0400. The van der Waals surface area contributed by atoms with Gasteiger partial charge in [-0.2, -0.15) is 0 Å². The van der Waals surface area contributed by atoms with Gasteiger partial charge in [0.15, 0.2) is 0 Å². The lowest BCUT2D eigenvalue weighted by atomic mass is 9.48. The zero-order chi connectivity index (χ0) is 12.0. The zero-order valence-corrected chi connectivity index (χ0v) is 11.6. The molecule has 2 N–H and O–H groups in total. The van der Waals surface area contributed by atoms with Gasteiger partial charge in [0.2, 0.25) is 0 Å². The minimum atomic E-state index is 0.455. The topological polar surface area (TPSA) is 26.0 Å². The van der Waals surface area contributed by atoms with E-state index in [4.69, 9.17) is 5.73 Å². The molecule has 4 fully saturated rings. The fraction of sp³-hybridized carbons (Fsp3) is 1.00. The molecule has 0 aromatic heterocycles. The molecule has 0 amide bonds. The van der Waals surface area contributed by atoms with E-state index >= 15 is 0 Å². The molecule has 0 spiro atoms. The highest BCUT2D eigenvalue weighted by Crippen LogP contribution is 2.61. The second-order valence-corrected chi connectivity index (χ2v) is 7.67. The lowest BCUT2D eigenvalue weighted by Gasteiger charge is -2.57. The molecule has 4 rings (SSSR count). The van der Waals surface area contributed by atoms with Gasteiger partial charge >= 0.3 is 0 Å². The van der Waals surface area contributed by atoms with E-state index in [1.807, 2.05) is 0 Å². The third kappa shape index (κ3) is 2.16. The highest BCUT2D eigenvalue weighted by atomic mass is 14.7. The third-order valence-electron chi connectivity index (χ3n) is 6.21. The lowest BCUT2D eigenvalue weighted by molar-refractivity contribution is -0.0625. The SMILES string of the molecule is CCC(C)C(N)CC12CC3CC(CC(C3)C1)C2. The molecule has 2 atom stereocenters. The maximum atomic E-state index is 6.45. The Balaban J connectivity index is 1.69. The monoisotopic (exact) mass is 235 g/mol. The van der Waals surface area contributed by atoms with Crippen molar-refractivity contribution in [3.8, 4) is 0 Å². The zero-order valence-electron chi connectivity index (χ0n) is 11.6. The molecule has 98 valence electrons. The molecular weight excluding hydrogens is 206 g/mol. The molecule has 4 bridgehead atoms. The molecular formula is C16H29N. The summed E-state index contributed by atoms with van der Waals surface area (Å²) in [5, 5.41) is 0. The Morgan fingerprint density at radius 3 is 1.94 bits per heavy atom. The van der Waals surface area contributed by atoms with Crippen molar-refractivity contribution < 1.29 is 0 Å². The van der Waals surface area contributed by atoms with E-state index in [0.717, 1.165) is 17.8 Å². The predicted molar refractivity (Wildman–Crippen MR) is 72.7 cm³/mol. The van der Waals surface area contributed by atoms with Crippen LogP contribution in [0.4, 0.5) is 0 Å². The van der Waals surface area contributed by atoms with E-state index in [1.165, 1.54) is 32.1 Å². The summed E-state index contributed by atoms with van der Waals surface area (Å²) in [4.78, 5) is 0. The summed E-state index contributed by atoms with van der Waals surface area (Å²) < 4.78 is 0. The minimum absolute atomic E-state index is 0.455. The van der Waals surface area contributed by atoms with Crippen molar-refractivity contribution in [2.24, 2.45) is 34.8 Å². The van der Waals surface area contributed by atoms with Crippen molar-refractivity contribution in [1.29, 1.82) is 0 Å². The summed E-state index contributed by atoms with van der Waals surface area (Å²) in [5.74, 6) is 3.93. The summed E-state index contributed by atoms with van der Waals surface area (Å²) in [5.41, 5.74) is 7.13. The first kappa shape index (κ1) is 12.0. The average molecular weight is 235 g/mol. The molecule has 4 aliphatic rings. The number of rotatable bonds is 4. The van der Waals surface area contributed by atoms with Crippen LogP contribution in [-0.2, 0) is 0 Å². The van der Waals surface area contributed by atoms with Gasteiger partial charge in [0, 0.05) is 6.04 Å². The Morgan fingerprint density at radius 2 is 1.53 bits per heavy atom. The first-order valence-corrected chi connectivity index (χ1v) is 7.86. The van der Waals surface area contributed by atoms with Gasteiger partial charge in [0.05, 0.1) is 0 Å². The number of nitrogens with two attached hydrogens (primary N) is 1. The van der Waals surface area contributed by atoms with Gasteiger partial charge in [-0.1, -0.05) is 20.3 Å². The van der Waals surface area contributed by atoms with Crippen molar-refractivity contribution in [3.63, 3.8) is 0 Å². The maximum absolute atomic E-state index is 6.45. The van der Waals surface area contributed by atoms with Crippen LogP contribution in [0.3, 0.4) is 0 Å². The van der Waals surface area contributed by atoms with Gasteiger partial charge in [-0.25, -0.2) is 0 Å². The lowest BCUT2D eigenvalue weighted by Crippen LogP contribution is -2.49. The van der Waals surface area contributed by atoms with Crippen molar-refractivity contribution in [3.05, 3.63) is 0 Å². The van der Waals surface area contributed by atoms with Gasteiger partial charge in [-0.05, 0) is 74.0 Å². The van der Waals surface area contributed by atoms with Crippen LogP contribution < -0.4 is 5.73 Å². The van der Waals surface area contributed by atoms with Crippen LogP contribution in [0.5, 0.6) is 0 Å². The maximum Gasteiger partial charge on any atom is 0.00697 e. The van der Waals surface area contributed by atoms with E-state index in [-0.39, 0.29) is 0 Å². The summed E-state index contributed by atoms with van der Waals surface area (Å²) >= 11 is 0. The molecule has 0 aromatic rings. The molecule has 4 saturated carbocycles. The Labute approximate surface area is 107 Å². The summed E-state index contributed by atoms with van der Waals surface area (Å²) in [6.45, 7) is 4.62. The van der Waals surface area contributed by atoms with Crippen molar-refractivity contribution in [2.75, 3.05) is 0 Å². The first-order chi connectivity index (χ1) is 8.10. The molecule has 2 unspecified atom stereocenters.